The van der Waals surface area contributed by atoms with Crippen molar-refractivity contribution in [1.82, 2.24) is 9.78 Å². The molecule has 12 heteroatoms. The number of nitrogens with one attached hydrogen (secondary N) is 1. The van der Waals surface area contributed by atoms with Crippen LogP contribution >= 0.6 is 11.6 Å². The third-order valence-electron chi connectivity index (χ3n) is 4.26. The number of esters is 1. The van der Waals surface area contributed by atoms with Gasteiger partial charge in [0.15, 0.2) is 6.61 Å². The molecule has 0 bridgehead atoms. The number of rotatable bonds is 5. The number of hydrogen-bond acceptors (Lipinski definition) is 5. The van der Waals surface area contributed by atoms with Crippen LogP contribution in [0.15, 0.2) is 53.3 Å². The molecule has 172 valence electrons. The van der Waals surface area contributed by atoms with Crippen LogP contribution < -0.4 is 10.7 Å². The fraction of sp³-hybridized carbons (Fsp3) is 0.143. The molecule has 0 radical (unpaired) electrons. The number of benzene rings is 2. The third kappa shape index (κ3) is 5.75. The van der Waals surface area contributed by atoms with E-state index in [0.29, 0.717) is 0 Å². The number of carbonyl (C=O) groups excluding carboxylic acids is 2. The summed E-state index contributed by atoms with van der Waals surface area (Å²) >= 11 is 5.62. The SMILES string of the molecule is Cc1cc(=O)c(C(=O)OCC(=O)Nc2ccc(F)c(Cl)c2)nn1-c1cccc(C(F)(F)F)c1. The predicted octanol–water partition coefficient (Wildman–Crippen LogP) is 4.15. The van der Waals surface area contributed by atoms with Crippen LogP contribution in [0.5, 0.6) is 0 Å². The second-order valence-corrected chi connectivity index (χ2v) is 7.12. The van der Waals surface area contributed by atoms with Crippen molar-refractivity contribution in [2.45, 2.75) is 13.1 Å². The lowest BCUT2D eigenvalue weighted by atomic mass is 10.2. The van der Waals surface area contributed by atoms with Crippen LogP contribution in [-0.2, 0) is 15.7 Å². The molecule has 1 amide bonds. The van der Waals surface area contributed by atoms with Gasteiger partial charge >= 0.3 is 12.1 Å². The zero-order valence-corrected chi connectivity index (χ0v) is 17.5. The number of amides is 1. The summed E-state index contributed by atoms with van der Waals surface area (Å²) in [6.45, 7) is 0.609. The van der Waals surface area contributed by atoms with Crippen LogP contribution in [0.1, 0.15) is 21.7 Å². The summed E-state index contributed by atoms with van der Waals surface area (Å²) < 4.78 is 58.0. The van der Waals surface area contributed by atoms with E-state index in [0.717, 1.165) is 41.1 Å². The Morgan fingerprint density at radius 3 is 2.55 bits per heavy atom. The van der Waals surface area contributed by atoms with Gasteiger partial charge in [0.25, 0.3) is 5.91 Å². The second kappa shape index (κ2) is 9.41. The fourth-order valence-corrected chi connectivity index (χ4v) is 2.92. The van der Waals surface area contributed by atoms with E-state index < -0.39 is 47.2 Å². The Hall–Kier alpha value is -3.73. The normalized spacial score (nSPS) is 11.2. The molecule has 1 N–H and O–H groups in total. The fourth-order valence-electron chi connectivity index (χ4n) is 2.73. The first-order valence-electron chi connectivity index (χ1n) is 9.16. The number of aryl methyl sites for hydroxylation is 1. The first kappa shape index (κ1) is 23.9. The smallest absolute Gasteiger partial charge is 0.416 e. The molecule has 0 unspecified atom stereocenters. The summed E-state index contributed by atoms with van der Waals surface area (Å²) in [5, 5.41) is 5.91. The van der Waals surface area contributed by atoms with Crippen molar-refractivity contribution in [2.75, 3.05) is 11.9 Å². The van der Waals surface area contributed by atoms with Gasteiger partial charge in [-0.05, 0) is 43.3 Å². The van der Waals surface area contributed by atoms with E-state index in [4.69, 9.17) is 16.3 Å². The summed E-state index contributed by atoms with van der Waals surface area (Å²) in [6.07, 6.45) is -4.60. The molecule has 33 heavy (non-hydrogen) atoms. The Morgan fingerprint density at radius 2 is 1.88 bits per heavy atom. The summed E-state index contributed by atoms with van der Waals surface area (Å²) in [4.78, 5) is 36.5. The number of ether oxygens (including phenoxy) is 1. The molecule has 0 aliphatic heterocycles. The monoisotopic (exact) mass is 483 g/mol. The highest BCUT2D eigenvalue weighted by molar-refractivity contribution is 6.31. The Labute approximate surface area is 188 Å². The highest BCUT2D eigenvalue weighted by Crippen LogP contribution is 2.30. The zero-order chi connectivity index (χ0) is 24.3. The van der Waals surface area contributed by atoms with Gasteiger partial charge in [0.2, 0.25) is 11.1 Å². The first-order valence-corrected chi connectivity index (χ1v) is 9.54. The Balaban J connectivity index is 1.78. The van der Waals surface area contributed by atoms with Gasteiger partial charge in [-0.25, -0.2) is 13.9 Å². The van der Waals surface area contributed by atoms with Gasteiger partial charge in [-0.15, -0.1) is 0 Å². The summed E-state index contributed by atoms with van der Waals surface area (Å²) in [6, 6.07) is 8.55. The van der Waals surface area contributed by atoms with Gasteiger partial charge in [0.1, 0.15) is 5.82 Å². The molecular formula is C21H14ClF4N3O4. The van der Waals surface area contributed by atoms with Crippen molar-refractivity contribution >= 4 is 29.2 Å². The molecular weight excluding hydrogens is 470 g/mol. The summed E-state index contributed by atoms with van der Waals surface area (Å²) in [5.41, 5.74) is -2.24. The average Bonchev–Trinajstić information content (AvgIpc) is 2.74. The summed E-state index contributed by atoms with van der Waals surface area (Å²) in [5.74, 6) is -2.76. The van der Waals surface area contributed by atoms with E-state index in [2.05, 4.69) is 10.4 Å². The van der Waals surface area contributed by atoms with E-state index in [-0.39, 0.29) is 22.1 Å². The molecule has 0 fully saturated rings. The molecule has 0 aliphatic rings. The van der Waals surface area contributed by atoms with Gasteiger partial charge in [0, 0.05) is 17.4 Å². The van der Waals surface area contributed by atoms with Crippen molar-refractivity contribution in [2.24, 2.45) is 0 Å². The lowest BCUT2D eigenvalue weighted by Gasteiger charge is -2.13. The Morgan fingerprint density at radius 1 is 1.15 bits per heavy atom. The predicted molar refractivity (Wildman–Crippen MR) is 110 cm³/mol. The number of nitrogens with zero attached hydrogens (tertiary/aromatic N) is 2. The quantitative estimate of drug-likeness (QED) is 0.435. The number of anilines is 1. The average molecular weight is 484 g/mol. The van der Waals surface area contributed by atoms with Crippen LogP contribution in [0.2, 0.25) is 5.02 Å². The Kier molecular flexibility index (Phi) is 6.82. The van der Waals surface area contributed by atoms with Crippen molar-refractivity contribution in [3.63, 3.8) is 0 Å². The number of hydrogen-bond donors (Lipinski definition) is 1. The van der Waals surface area contributed by atoms with Crippen LogP contribution in [0.3, 0.4) is 0 Å². The van der Waals surface area contributed by atoms with Crippen LogP contribution in [0.25, 0.3) is 5.69 Å². The molecule has 0 atom stereocenters. The third-order valence-corrected chi connectivity index (χ3v) is 4.55. The minimum absolute atomic E-state index is 0.0395. The van der Waals surface area contributed by atoms with E-state index in [1.54, 1.807) is 0 Å². The largest absolute Gasteiger partial charge is 0.451 e. The second-order valence-electron chi connectivity index (χ2n) is 6.71. The highest BCUT2D eigenvalue weighted by Gasteiger charge is 2.30. The molecule has 3 aromatic rings. The number of alkyl halides is 3. The first-order chi connectivity index (χ1) is 15.5. The lowest BCUT2D eigenvalue weighted by molar-refractivity contribution is -0.137. The number of aromatic nitrogens is 2. The maximum atomic E-state index is 13.2. The molecule has 0 saturated heterocycles. The summed E-state index contributed by atoms with van der Waals surface area (Å²) in [7, 11) is 0. The van der Waals surface area contributed by atoms with Gasteiger partial charge in [0.05, 0.1) is 16.3 Å². The number of carbonyl (C=O) groups is 2. The van der Waals surface area contributed by atoms with Gasteiger partial charge in [-0.1, -0.05) is 17.7 Å². The van der Waals surface area contributed by atoms with E-state index in [9.17, 15) is 31.9 Å². The van der Waals surface area contributed by atoms with Crippen molar-refractivity contribution in [3.05, 3.63) is 86.5 Å². The molecule has 0 saturated carbocycles. The van der Waals surface area contributed by atoms with Crippen molar-refractivity contribution < 1.29 is 31.9 Å². The van der Waals surface area contributed by atoms with Gasteiger partial charge in [-0.3, -0.25) is 9.59 Å². The Bertz CT molecular complexity index is 1290. The van der Waals surface area contributed by atoms with Crippen LogP contribution in [0, 0.1) is 12.7 Å². The molecule has 2 aromatic carbocycles. The van der Waals surface area contributed by atoms with E-state index >= 15 is 0 Å². The van der Waals surface area contributed by atoms with Gasteiger partial charge in [-0.2, -0.15) is 18.3 Å². The molecule has 7 nitrogen and oxygen atoms in total. The molecule has 0 aliphatic carbocycles. The molecule has 0 spiro atoms. The zero-order valence-electron chi connectivity index (χ0n) is 16.7. The standard InChI is InChI=1S/C21H14ClF4N3O4/c1-11-7-17(30)19(28-29(11)14-4-2-3-12(8-14)21(24,25)26)20(32)33-10-18(31)27-13-5-6-16(23)15(22)9-13/h2-9H,10H2,1H3,(H,27,31). The topological polar surface area (TPSA) is 90.3 Å². The van der Waals surface area contributed by atoms with E-state index in [1.807, 2.05) is 0 Å². The minimum Gasteiger partial charge on any atom is -0.451 e. The van der Waals surface area contributed by atoms with Crippen LogP contribution in [0.4, 0.5) is 23.2 Å². The van der Waals surface area contributed by atoms with Gasteiger partial charge < -0.3 is 10.1 Å². The van der Waals surface area contributed by atoms with Crippen molar-refractivity contribution in [1.29, 1.82) is 0 Å². The molecule has 1 aromatic heterocycles. The molecule has 1 heterocycles. The minimum atomic E-state index is -4.60. The van der Waals surface area contributed by atoms with Crippen molar-refractivity contribution in [3.8, 4) is 5.69 Å². The maximum absolute atomic E-state index is 13.2. The lowest BCUT2D eigenvalue weighted by Crippen LogP contribution is -2.27. The van der Waals surface area contributed by atoms with E-state index in [1.165, 1.54) is 19.1 Å². The highest BCUT2D eigenvalue weighted by atomic mass is 35.5. The maximum Gasteiger partial charge on any atom is 0.416 e. The van der Waals surface area contributed by atoms with Crippen LogP contribution in [-0.4, -0.2) is 28.3 Å². The number of halogens is 5. The molecule has 3 rings (SSSR count).